The zero-order valence-electron chi connectivity index (χ0n) is 18.5. The molecule has 1 amide bonds. The number of amides is 1. The number of ether oxygens (including phenoxy) is 1. The zero-order valence-corrected chi connectivity index (χ0v) is 19.3. The Morgan fingerprint density at radius 2 is 1.94 bits per heavy atom. The van der Waals surface area contributed by atoms with E-state index >= 15 is 0 Å². The fourth-order valence-corrected chi connectivity index (χ4v) is 4.49. The Kier molecular flexibility index (Phi) is 6.10. The molecule has 0 aliphatic heterocycles. The molecule has 0 saturated heterocycles. The number of aryl methyl sites for hydroxylation is 1. The third kappa shape index (κ3) is 4.29. The summed E-state index contributed by atoms with van der Waals surface area (Å²) in [6.07, 6.45) is 3.69. The summed E-state index contributed by atoms with van der Waals surface area (Å²) in [4.78, 5) is 30.2. The standard InChI is InChI=1S/C25H25N3O3S/c1-5-31-25(30)22-20(18-8-6-17(7-9-18)15(2)3)14-32-24(22)27-23(29)19-10-11-28-13-16(4)26-21(28)12-19/h6-15H,5H2,1-4H3,(H,27,29). The van der Waals surface area contributed by atoms with E-state index in [1.54, 1.807) is 25.3 Å². The van der Waals surface area contributed by atoms with E-state index in [9.17, 15) is 9.59 Å². The predicted molar refractivity (Wildman–Crippen MR) is 128 cm³/mol. The molecule has 0 fully saturated rings. The van der Waals surface area contributed by atoms with Crippen LogP contribution >= 0.6 is 11.3 Å². The number of carbonyl (C=O) groups is 2. The van der Waals surface area contributed by atoms with Crippen LogP contribution < -0.4 is 5.32 Å². The second-order valence-corrected chi connectivity index (χ2v) is 8.75. The Morgan fingerprint density at radius 3 is 2.62 bits per heavy atom. The van der Waals surface area contributed by atoms with Gasteiger partial charge in [-0.15, -0.1) is 11.3 Å². The van der Waals surface area contributed by atoms with Gasteiger partial charge in [-0.1, -0.05) is 38.1 Å². The van der Waals surface area contributed by atoms with Crippen molar-refractivity contribution in [2.75, 3.05) is 11.9 Å². The van der Waals surface area contributed by atoms with E-state index < -0.39 is 5.97 Å². The Labute approximate surface area is 190 Å². The van der Waals surface area contributed by atoms with Crippen molar-refractivity contribution in [3.05, 3.63) is 76.6 Å². The van der Waals surface area contributed by atoms with Gasteiger partial charge in [-0.3, -0.25) is 4.79 Å². The van der Waals surface area contributed by atoms with Gasteiger partial charge in [0.15, 0.2) is 0 Å². The van der Waals surface area contributed by atoms with Crippen LogP contribution in [-0.4, -0.2) is 27.9 Å². The van der Waals surface area contributed by atoms with Gasteiger partial charge in [0.05, 0.1) is 12.3 Å². The maximum atomic E-state index is 13.0. The highest BCUT2D eigenvalue weighted by atomic mass is 32.1. The normalized spacial score (nSPS) is 11.2. The molecule has 6 nitrogen and oxygen atoms in total. The molecule has 164 valence electrons. The van der Waals surface area contributed by atoms with Gasteiger partial charge in [0.2, 0.25) is 0 Å². The maximum absolute atomic E-state index is 13.0. The second kappa shape index (κ2) is 8.96. The molecule has 1 aromatic carbocycles. The van der Waals surface area contributed by atoms with E-state index in [1.165, 1.54) is 16.9 Å². The third-order valence-corrected chi connectivity index (χ3v) is 6.12. The van der Waals surface area contributed by atoms with E-state index in [1.807, 2.05) is 35.0 Å². The molecule has 0 radical (unpaired) electrons. The fraction of sp³-hybridized carbons (Fsp3) is 0.240. The molecule has 32 heavy (non-hydrogen) atoms. The lowest BCUT2D eigenvalue weighted by Gasteiger charge is -2.10. The molecule has 0 aliphatic carbocycles. The molecular formula is C25H25N3O3S. The van der Waals surface area contributed by atoms with Crippen molar-refractivity contribution >= 4 is 33.9 Å². The lowest BCUT2D eigenvalue weighted by Crippen LogP contribution is -2.15. The molecule has 0 atom stereocenters. The molecule has 4 rings (SSSR count). The Bertz CT molecular complexity index is 1290. The first kappa shape index (κ1) is 21.8. The van der Waals surface area contributed by atoms with Crippen molar-refractivity contribution in [2.45, 2.75) is 33.6 Å². The number of benzene rings is 1. The summed E-state index contributed by atoms with van der Waals surface area (Å²) < 4.78 is 7.16. The predicted octanol–water partition coefficient (Wildman–Crippen LogP) is 5.92. The number of nitrogens with one attached hydrogen (secondary N) is 1. The molecule has 0 saturated carbocycles. The number of fused-ring (bicyclic) bond motifs is 1. The van der Waals surface area contributed by atoms with Crippen molar-refractivity contribution in [1.82, 2.24) is 9.38 Å². The largest absolute Gasteiger partial charge is 0.462 e. The summed E-state index contributed by atoms with van der Waals surface area (Å²) in [7, 11) is 0. The molecule has 0 aliphatic rings. The number of hydrogen-bond donors (Lipinski definition) is 1. The molecule has 7 heteroatoms. The van der Waals surface area contributed by atoms with E-state index in [4.69, 9.17) is 4.74 Å². The summed E-state index contributed by atoms with van der Waals surface area (Å²) in [6, 6.07) is 11.6. The SMILES string of the molecule is CCOC(=O)c1c(-c2ccc(C(C)C)cc2)csc1NC(=O)c1ccn2cc(C)nc2c1. The molecule has 1 N–H and O–H groups in total. The maximum Gasteiger partial charge on any atom is 0.341 e. The smallest absolute Gasteiger partial charge is 0.341 e. The number of anilines is 1. The number of nitrogens with zero attached hydrogens (tertiary/aromatic N) is 2. The monoisotopic (exact) mass is 447 g/mol. The third-order valence-electron chi connectivity index (χ3n) is 5.23. The zero-order chi connectivity index (χ0) is 22.8. The van der Waals surface area contributed by atoms with Gasteiger partial charge in [-0.2, -0.15) is 0 Å². The first-order valence-corrected chi connectivity index (χ1v) is 11.4. The topological polar surface area (TPSA) is 72.7 Å². The highest BCUT2D eigenvalue weighted by Crippen LogP contribution is 2.37. The van der Waals surface area contributed by atoms with Crippen LogP contribution in [0.25, 0.3) is 16.8 Å². The average molecular weight is 448 g/mol. The number of imidazole rings is 1. The second-order valence-electron chi connectivity index (χ2n) is 7.87. The molecule has 3 heterocycles. The van der Waals surface area contributed by atoms with Gasteiger partial charge < -0.3 is 14.5 Å². The quantitative estimate of drug-likeness (QED) is 0.372. The lowest BCUT2D eigenvalue weighted by atomic mass is 9.98. The molecule has 3 aromatic heterocycles. The summed E-state index contributed by atoms with van der Waals surface area (Å²) in [6.45, 7) is 8.20. The minimum atomic E-state index is -0.452. The first-order chi connectivity index (χ1) is 15.4. The van der Waals surface area contributed by atoms with Gasteiger partial charge in [0, 0.05) is 28.9 Å². The van der Waals surface area contributed by atoms with E-state index in [0.717, 1.165) is 16.8 Å². The number of carbonyl (C=O) groups excluding carboxylic acids is 2. The highest BCUT2D eigenvalue weighted by molar-refractivity contribution is 7.15. The van der Waals surface area contributed by atoms with Crippen LogP contribution in [0.15, 0.2) is 54.2 Å². The van der Waals surface area contributed by atoms with Crippen LogP contribution in [-0.2, 0) is 4.74 Å². The van der Waals surface area contributed by atoms with Gasteiger partial charge >= 0.3 is 5.97 Å². The molecule has 4 aromatic rings. The minimum Gasteiger partial charge on any atom is -0.462 e. The van der Waals surface area contributed by atoms with Crippen LogP contribution in [0, 0.1) is 6.92 Å². The molecule has 0 spiro atoms. The van der Waals surface area contributed by atoms with Crippen LogP contribution in [0.4, 0.5) is 5.00 Å². The van der Waals surface area contributed by atoms with E-state index in [-0.39, 0.29) is 12.5 Å². The minimum absolute atomic E-state index is 0.254. The van der Waals surface area contributed by atoms with Gasteiger partial charge in [0.25, 0.3) is 5.91 Å². The van der Waals surface area contributed by atoms with E-state index in [2.05, 4.69) is 36.3 Å². The summed E-state index contributed by atoms with van der Waals surface area (Å²) in [5.74, 6) is -0.337. The van der Waals surface area contributed by atoms with Crippen molar-refractivity contribution in [3.63, 3.8) is 0 Å². The number of esters is 1. The number of pyridine rings is 1. The Balaban J connectivity index is 1.68. The Morgan fingerprint density at radius 1 is 1.19 bits per heavy atom. The van der Waals surface area contributed by atoms with Crippen molar-refractivity contribution in [2.24, 2.45) is 0 Å². The summed E-state index contributed by atoms with van der Waals surface area (Å²) >= 11 is 1.31. The first-order valence-electron chi connectivity index (χ1n) is 10.5. The average Bonchev–Trinajstić information content (AvgIpc) is 3.35. The van der Waals surface area contributed by atoms with Gasteiger partial charge in [0.1, 0.15) is 16.2 Å². The van der Waals surface area contributed by atoms with Gasteiger partial charge in [-0.05, 0) is 43.0 Å². The van der Waals surface area contributed by atoms with Crippen molar-refractivity contribution < 1.29 is 14.3 Å². The van der Waals surface area contributed by atoms with Crippen LogP contribution in [0.5, 0.6) is 0 Å². The molecule has 0 bridgehead atoms. The highest BCUT2D eigenvalue weighted by Gasteiger charge is 2.23. The molecule has 0 unspecified atom stereocenters. The van der Waals surface area contributed by atoms with Crippen molar-refractivity contribution in [3.8, 4) is 11.1 Å². The Hall–Kier alpha value is -3.45. The number of aromatic nitrogens is 2. The number of thiophene rings is 1. The van der Waals surface area contributed by atoms with Crippen molar-refractivity contribution in [1.29, 1.82) is 0 Å². The number of rotatable bonds is 6. The fourth-order valence-electron chi connectivity index (χ4n) is 3.54. The summed E-state index contributed by atoms with van der Waals surface area (Å²) in [5.41, 5.74) is 5.28. The lowest BCUT2D eigenvalue weighted by molar-refractivity contribution is 0.0529. The summed E-state index contributed by atoms with van der Waals surface area (Å²) in [5, 5.41) is 5.25. The van der Waals surface area contributed by atoms with Gasteiger partial charge in [-0.25, -0.2) is 9.78 Å². The van der Waals surface area contributed by atoms with E-state index in [0.29, 0.717) is 27.7 Å². The van der Waals surface area contributed by atoms with Crippen LogP contribution in [0.1, 0.15) is 58.7 Å². The van der Waals surface area contributed by atoms with Crippen LogP contribution in [0.3, 0.4) is 0 Å². The van der Waals surface area contributed by atoms with Crippen LogP contribution in [0.2, 0.25) is 0 Å². The molecular weight excluding hydrogens is 422 g/mol. The number of hydrogen-bond acceptors (Lipinski definition) is 5.